The molecule has 0 bridgehead atoms. The number of aliphatic hydroxyl groups excluding tert-OH is 1. The summed E-state index contributed by atoms with van der Waals surface area (Å²) in [7, 11) is 0. The Kier molecular flexibility index (Phi) is 1.40. The first-order chi connectivity index (χ1) is 4.02. The average Bonchev–Trinajstić information content (AvgIpc) is 1.57. The Labute approximate surface area is 49.9 Å². The molecule has 54 valence electrons. The number of likely N-dealkylation sites (tertiary alicyclic amines) is 1. The molecule has 5 heteroatoms. The van der Waals surface area contributed by atoms with E-state index in [1.165, 1.54) is 0 Å². The molecule has 0 radical (unpaired) electrons. The predicted octanol–water partition coefficient (Wildman–Crippen LogP) is 0.530. The molecule has 9 heavy (non-hydrogen) atoms. The van der Waals surface area contributed by atoms with Gasteiger partial charge in [0.25, 0.3) is 0 Å². The summed E-state index contributed by atoms with van der Waals surface area (Å²) in [5, 5.41) is 8.45. The zero-order valence-electron chi connectivity index (χ0n) is 4.52. The van der Waals surface area contributed by atoms with Crippen molar-refractivity contribution in [2.75, 3.05) is 6.54 Å². The summed E-state index contributed by atoms with van der Waals surface area (Å²) in [6.45, 7) is -0.0787. The van der Waals surface area contributed by atoms with E-state index in [1.807, 2.05) is 0 Å². The minimum Gasteiger partial charge on any atom is -0.378 e. The van der Waals surface area contributed by atoms with Crippen LogP contribution >= 0.6 is 0 Å². The van der Waals surface area contributed by atoms with Crippen LogP contribution in [0.2, 0.25) is 0 Å². The van der Waals surface area contributed by atoms with Gasteiger partial charge in [0.1, 0.15) is 6.23 Å². The van der Waals surface area contributed by atoms with Crippen LogP contribution in [0.3, 0.4) is 0 Å². The summed E-state index contributed by atoms with van der Waals surface area (Å²) in [6, 6.07) is 0. The van der Waals surface area contributed by atoms with Crippen LogP contribution in [0.5, 0.6) is 0 Å². The number of nitrogens with zero attached hydrogens (tertiary/aromatic N) is 1. The highest BCUT2D eigenvalue weighted by atomic mass is 19.4. The summed E-state index contributed by atoms with van der Waals surface area (Å²) in [4.78, 5) is 0.0903. The SMILES string of the molecule is OC1CCN1C(F)(F)F. The molecule has 0 saturated carbocycles. The molecule has 1 unspecified atom stereocenters. The van der Waals surface area contributed by atoms with Crippen LogP contribution in [-0.2, 0) is 0 Å². The van der Waals surface area contributed by atoms with Gasteiger partial charge in [-0.15, -0.1) is 0 Å². The molecule has 0 amide bonds. The Bertz CT molecular complexity index is 113. The lowest BCUT2D eigenvalue weighted by molar-refractivity contribution is -0.314. The number of rotatable bonds is 0. The maximum absolute atomic E-state index is 11.5. The zero-order valence-corrected chi connectivity index (χ0v) is 4.52. The molecule has 0 aromatic rings. The third-order valence-corrected chi connectivity index (χ3v) is 1.31. The van der Waals surface area contributed by atoms with E-state index in [4.69, 9.17) is 5.11 Å². The number of alkyl halides is 3. The van der Waals surface area contributed by atoms with Crippen molar-refractivity contribution >= 4 is 0 Å². The lowest BCUT2D eigenvalue weighted by Crippen LogP contribution is -2.55. The Morgan fingerprint density at radius 3 is 2.00 bits per heavy atom. The van der Waals surface area contributed by atoms with Gasteiger partial charge >= 0.3 is 6.30 Å². The van der Waals surface area contributed by atoms with Gasteiger partial charge in [0.15, 0.2) is 0 Å². The van der Waals surface area contributed by atoms with E-state index in [2.05, 4.69) is 0 Å². The van der Waals surface area contributed by atoms with Crippen LogP contribution in [0, 0.1) is 0 Å². The van der Waals surface area contributed by atoms with Crippen LogP contribution in [0.15, 0.2) is 0 Å². The third kappa shape index (κ3) is 1.16. The number of halogens is 3. The van der Waals surface area contributed by atoms with Crippen molar-refractivity contribution in [3.8, 4) is 0 Å². The molecule has 1 aliphatic rings. The van der Waals surface area contributed by atoms with Gasteiger partial charge in [-0.05, 0) is 0 Å². The van der Waals surface area contributed by atoms with E-state index in [0.717, 1.165) is 0 Å². The van der Waals surface area contributed by atoms with Crippen LogP contribution in [0.1, 0.15) is 6.42 Å². The minimum absolute atomic E-state index is 0.0787. The summed E-state index contributed by atoms with van der Waals surface area (Å²) in [6.07, 6.45) is -5.43. The number of hydrogen-bond donors (Lipinski definition) is 1. The Balaban J connectivity index is 2.44. The highest BCUT2D eigenvalue weighted by Gasteiger charge is 2.46. The molecular formula is C4H6F3NO. The molecule has 1 saturated heterocycles. The highest BCUT2D eigenvalue weighted by molar-refractivity contribution is 4.75. The van der Waals surface area contributed by atoms with E-state index in [0.29, 0.717) is 0 Å². The van der Waals surface area contributed by atoms with E-state index >= 15 is 0 Å². The molecule has 0 aromatic carbocycles. The van der Waals surface area contributed by atoms with Gasteiger partial charge in [-0.3, -0.25) is 0 Å². The smallest absolute Gasteiger partial charge is 0.378 e. The van der Waals surface area contributed by atoms with E-state index in [9.17, 15) is 13.2 Å². The maximum atomic E-state index is 11.5. The molecule has 1 aliphatic heterocycles. The first-order valence-electron chi connectivity index (χ1n) is 2.53. The van der Waals surface area contributed by atoms with Crippen molar-refractivity contribution < 1.29 is 18.3 Å². The second-order valence-corrected chi connectivity index (χ2v) is 1.93. The lowest BCUT2D eigenvalue weighted by atomic mass is 10.2. The van der Waals surface area contributed by atoms with Crippen LogP contribution in [-0.4, -0.2) is 29.1 Å². The summed E-state index contributed by atoms with van der Waals surface area (Å²) in [5.41, 5.74) is 0. The topological polar surface area (TPSA) is 23.5 Å². The molecule has 0 aromatic heterocycles. The average molecular weight is 141 g/mol. The Morgan fingerprint density at radius 1 is 1.44 bits per heavy atom. The summed E-state index contributed by atoms with van der Waals surface area (Å²) < 4.78 is 34.6. The second-order valence-electron chi connectivity index (χ2n) is 1.93. The fourth-order valence-electron chi connectivity index (χ4n) is 0.669. The molecule has 0 spiro atoms. The van der Waals surface area contributed by atoms with E-state index in [-0.39, 0.29) is 17.9 Å². The molecule has 1 atom stereocenters. The molecule has 1 heterocycles. The fourth-order valence-corrected chi connectivity index (χ4v) is 0.669. The van der Waals surface area contributed by atoms with E-state index in [1.54, 1.807) is 0 Å². The Morgan fingerprint density at radius 2 is 2.00 bits per heavy atom. The van der Waals surface area contributed by atoms with Gasteiger partial charge < -0.3 is 5.11 Å². The van der Waals surface area contributed by atoms with Crippen molar-refractivity contribution in [2.24, 2.45) is 0 Å². The third-order valence-electron chi connectivity index (χ3n) is 1.31. The van der Waals surface area contributed by atoms with Gasteiger partial charge in [-0.1, -0.05) is 0 Å². The highest BCUT2D eigenvalue weighted by Crippen LogP contribution is 2.29. The van der Waals surface area contributed by atoms with Crippen LogP contribution in [0.4, 0.5) is 13.2 Å². The molecule has 1 N–H and O–H groups in total. The van der Waals surface area contributed by atoms with Crippen molar-refractivity contribution in [3.63, 3.8) is 0 Å². The quantitative estimate of drug-likeness (QED) is 0.497. The molecule has 1 fully saturated rings. The van der Waals surface area contributed by atoms with Crippen molar-refractivity contribution in [2.45, 2.75) is 18.9 Å². The zero-order chi connectivity index (χ0) is 7.07. The first kappa shape index (κ1) is 6.82. The van der Waals surface area contributed by atoms with Gasteiger partial charge in [-0.25, -0.2) is 0 Å². The number of aliphatic hydroxyl groups is 1. The van der Waals surface area contributed by atoms with Crippen molar-refractivity contribution in [1.82, 2.24) is 4.90 Å². The van der Waals surface area contributed by atoms with Gasteiger partial charge in [0.05, 0.1) is 0 Å². The van der Waals surface area contributed by atoms with Gasteiger partial charge in [-0.2, -0.15) is 18.1 Å². The maximum Gasteiger partial charge on any atom is 0.462 e. The predicted molar refractivity (Wildman–Crippen MR) is 23.4 cm³/mol. The van der Waals surface area contributed by atoms with Gasteiger partial charge in [0.2, 0.25) is 0 Å². The molecular weight excluding hydrogens is 135 g/mol. The second kappa shape index (κ2) is 1.85. The summed E-state index contributed by atoms with van der Waals surface area (Å²) in [5.74, 6) is 0. The minimum atomic E-state index is -4.35. The largest absolute Gasteiger partial charge is 0.462 e. The first-order valence-corrected chi connectivity index (χ1v) is 2.53. The van der Waals surface area contributed by atoms with Crippen LogP contribution < -0.4 is 0 Å². The lowest BCUT2D eigenvalue weighted by Gasteiger charge is -2.37. The monoisotopic (exact) mass is 141 g/mol. The molecule has 2 nitrogen and oxygen atoms in total. The van der Waals surface area contributed by atoms with Gasteiger partial charge in [0, 0.05) is 13.0 Å². The fraction of sp³-hybridized carbons (Fsp3) is 1.00. The molecule has 1 rings (SSSR count). The van der Waals surface area contributed by atoms with Crippen molar-refractivity contribution in [1.29, 1.82) is 0 Å². The molecule has 0 aliphatic carbocycles. The van der Waals surface area contributed by atoms with Crippen molar-refractivity contribution in [3.05, 3.63) is 0 Å². The normalized spacial score (nSPS) is 30.0. The standard InChI is InChI=1S/C4H6F3NO/c5-4(6,7)8-2-1-3(8)9/h3,9H,1-2H2. The summed E-state index contributed by atoms with van der Waals surface area (Å²) >= 11 is 0. The van der Waals surface area contributed by atoms with Crippen LogP contribution in [0.25, 0.3) is 0 Å². The number of hydrogen-bond acceptors (Lipinski definition) is 2. The Hall–Kier alpha value is -0.290. The van der Waals surface area contributed by atoms with E-state index < -0.39 is 12.5 Å².